The van der Waals surface area contributed by atoms with Crippen LogP contribution in [0.25, 0.3) is 10.9 Å². The molecule has 0 saturated carbocycles. The van der Waals surface area contributed by atoms with Crippen LogP contribution in [0.3, 0.4) is 0 Å². The van der Waals surface area contributed by atoms with Gasteiger partial charge in [0.2, 0.25) is 0 Å². The van der Waals surface area contributed by atoms with Crippen molar-refractivity contribution in [1.82, 2.24) is 10.2 Å². The van der Waals surface area contributed by atoms with Crippen molar-refractivity contribution in [2.24, 2.45) is 0 Å². The summed E-state index contributed by atoms with van der Waals surface area (Å²) >= 11 is 0. The van der Waals surface area contributed by atoms with Gasteiger partial charge in [0.1, 0.15) is 11.4 Å². The summed E-state index contributed by atoms with van der Waals surface area (Å²) in [6, 6.07) is 2.99. The van der Waals surface area contributed by atoms with E-state index in [1.165, 1.54) is 12.3 Å². The van der Waals surface area contributed by atoms with E-state index in [4.69, 9.17) is 4.74 Å². The minimum absolute atomic E-state index is 0.0112. The van der Waals surface area contributed by atoms with Gasteiger partial charge in [0.25, 0.3) is 0 Å². The van der Waals surface area contributed by atoms with E-state index in [9.17, 15) is 9.90 Å². The second-order valence-corrected chi connectivity index (χ2v) is 4.83. The van der Waals surface area contributed by atoms with Gasteiger partial charge in [-0.3, -0.25) is 5.10 Å². The Morgan fingerprint density at radius 2 is 2.12 bits per heavy atom. The highest BCUT2D eigenvalue weighted by Gasteiger charge is 2.19. The summed E-state index contributed by atoms with van der Waals surface area (Å²) in [6.45, 7) is 5.37. The minimum atomic E-state index is -0.560. The number of esters is 1. The molecule has 0 unspecified atom stereocenters. The number of aromatic hydroxyl groups is 1. The molecule has 17 heavy (non-hydrogen) atoms. The summed E-state index contributed by atoms with van der Waals surface area (Å²) in [5.74, 6) is -0.457. The fourth-order valence-electron chi connectivity index (χ4n) is 1.49. The van der Waals surface area contributed by atoms with Crippen LogP contribution >= 0.6 is 0 Å². The zero-order chi connectivity index (χ0) is 12.6. The lowest BCUT2D eigenvalue weighted by Crippen LogP contribution is -2.23. The van der Waals surface area contributed by atoms with Gasteiger partial charge in [0, 0.05) is 0 Å². The molecule has 90 valence electrons. The number of benzene rings is 1. The summed E-state index contributed by atoms with van der Waals surface area (Å²) in [5, 5.41) is 16.8. The lowest BCUT2D eigenvalue weighted by molar-refractivity contribution is 0.00693. The smallest absolute Gasteiger partial charge is 0.338 e. The number of rotatable bonds is 1. The summed E-state index contributed by atoms with van der Waals surface area (Å²) in [7, 11) is 0. The van der Waals surface area contributed by atoms with Crippen LogP contribution in [0.1, 0.15) is 31.1 Å². The Hall–Kier alpha value is -2.04. The standard InChI is InChI=1S/C12H14N2O3/c1-12(2,3)17-11(16)7-4-9-8(6-13-14-9)10(15)5-7/h4-6,15H,1-3H3,(H,13,14). The van der Waals surface area contributed by atoms with E-state index in [0.29, 0.717) is 16.5 Å². The Morgan fingerprint density at radius 1 is 1.41 bits per heavy atom. The van der Waals surface area contributed by atoms with Gasteiger partial charge in [0.05, 0.1) is 22.7 Å². The number of hydrogen-bond donors (Lipinski definition) is 2. The molecule has 0 saturated heterocycles. The molecule has 0 fully saturated rings. The van der Waals surface area contributed by atoms with Crippen molar-refractivity contribution in [3.05, 3.63) is 23.9 Å². The summed E-state index contributed by atoms with van der Waals surface area (Å²) in [4.78, 5) is 11.8. The molecule has 5 heteroatoms. The molecule has 1 aromatic carbocycles. The molecule has 5 nitrogen and oxygen atoms in total. The number of carbonyl (C=O) groups is 1. The Morgan fingerprint density at radius 3 is 2.76 bits per heavy atom. The largest absolute Gasteiger partial charge is 0.507 e. The first-order valence-electron chi connectivity index (χ1n) is 5.26. The number of H-pyrrole nitrogens is 1. The average molecular weight is 234 g/mol. The van der Waals surface area contributed by atoms with Crippen molar-refractivity contribution >= 4 is 16.9 Å². The average Bonchev–Trinajstić information content (AvgIpc) is 2.63. The lowest BCUT2D eigenvalue weighted by Gasteiger charge is -2.19. The molecule has 2 rings (SSSR count). The summed E-state index contributed by atoms with van der Waals surface area (Å²) in [6.07, 6.45) is 1.50. The molecule has 0 aliphatic rings. The number of ether oxygens (including phenoxy) is 1. The predicted octanol–water partition coefficient (Wildman–Crippen LogP) is 2.22. The maximum atomic E-state index is 11.8. The lowest BCUT2D eigenvalue weighted by atomic mass is 10.1. The molecule has 0 aliphatic heterocycles. The van der Waals surface area contributed by atoms with Gasteiger partial charge in [-0.2, -0.15) is 5.10 Å². The number of phenolic OH excluding ortho intramolecular Hbond substituents is 1. The van der Waals surface area contributed by atoms with Crippen LogP contribution in [0.2, 0.25) is 0 Å². The van der Waals surface area contributed by atoms with Crippen LogP contribution in [0.5, 0.6) is 5.75 Å². The molecule has 0 bridgehead atoms. The normalized spacial score (nSPS) is 11.7. The molecule has 0 spiro atoms. The Labute approximate surface area is 98.4 Å². The van der Waals surface area contributed by atoms with E-state index in [-0.39, 0.29) is 5.75 Å². The first-order chi connectivity index (χ1) is 7.87. The van der Waals surface area contributed by atoms with E-state index < -0.39 is 11.6 Å². The highest BCUT2D eigenvalue weighted by atomic mass is 16.6. The molecule has 2 aromatic rings. The van der Waals surface area contributed by atoms with Crippen molar-refractivity contribution in [1.29, 1.82) is 0 Å². The van der Waals surface area contributed by atoms with Crippen molar-refractivity contribution in [3.8, 4) is 5.75 Å². The number of hydrogen-bond acceptors (Lipinski definition) is 4. The molecule has 1 aromatic heterocycles. The van der Waals surface area contributed by atoms with Crippen molar-refractivity contribution in [2.45, 2.75) is 26.4 Å². The fourth-order valence-corrected chi connectivity index (χ4v) is 1.49. The van der Waals surface area contributed by atoms with E-state index in [1.54, 1.807) is 26.8 Å². The van der Waals surface area contributed by atoms with Crippen LogP contribution in [0.4, 0.5) is 0 Å². The minimum Gasteiger partial charge on any atom is -0.507 e. The fraction of sp³-hybridized carbons (Fsp3) is 0.333. The first kappa shape index (κ1) is 11.4. The molecular formula is C12H14N2O3. The number of nitrogens with zero attached hydrogens (tertiary/aromatic N) is 1. The molecule has 0 atom stereocenters. The predicted molar refractivity (Wildman–Crippen MR) is 62.9 cm³/mol. The maximum Gasteiger partial charge on any atom is 0.338 e. The number of carbonyl (C=O) groups excluding carboxylic acids is 1. The molecule has 1 heterocycles. The van der Waals surface area contributed by atoms with Crippen LogP contribution in [-0.2, 0) is 4.74 Å². The highest BCUT2D eigenvalue weighted by molar-refractivity contribution is 5.96. The van der Waals surface area contributed by atoms with Crippen LogP contribution in [0.15, 0.2) is 18.3 Å². The quantitative estimate of drug-likeness (QED) is 0.742. The van der Waals surface area contributed by atoms with Gasteiger partial charge in [-0.25, -0.2) is 4.79 Å². The number of nitrogens with one attached hydrogen (secondary N) is 1. The zero-order valence-electron chi connectivity index (χ0n) is 9.94. The van der Waals surface area contributed by atoms with Crippen molar-refractivity contribution in [2.75, 3.05) is 0 Å². The monoisotopic (exact) mass is 234 g/mol. The third-order valence-corrected chi connectivity index (χ3v) is 2.17. The summed E-state index contributed by atoms with van der Waals surface area (Å²) < 4.78 is 5.22. The zero-order valence-corrected chi connectivity index (χ0v) is 9.94. The summed E-state index contributed by atoms with van der Waals surface area (Å²) in [5.41, 5.74) is 0.343. The van der Waals surface area contributed by atoms with E-state index in [1.807, 2.05) is 0 Å². The molecule has 2 N–H and O–H groups in total. The molecule has 0 amide bonds. The van der Waals surface area contributed by atoms with Gasteiger partial charge in [-0.15, -0.1) is 0 Å². The Bertz CT molecular complexity index is 567. The van der Waals surface area contributed by atoms with Crippen molar-refractivity contribution in [3.63, 3.8) is 0 Å². The van der Waals surface area contributed by atoms with Gasteiger partial charge >= 0.3 is 5.97 Å². The highest BCUT2D eigenvalue weighted by Crippen LogP contribution is 2.25. The SMILES string of the molecule is CC(C)(C)OC(=O)c1cc(O)c2cn[nH]c2c1. The van der Waals surface area contributed by atoms with Crippen molar-refractivity contribution < 1.29 is 14.6 Å². The maximum absolute atomic E-state index is 11.8. The van der Waals surface area contributed by atoms with Gasteiger partial charge < -0.3 is 9.84 Å². The van der Waals surface area contributed by atoms with Crippen LogP contribution in [-0.4, -0.2) is 26.9 Å². The third kappa shape index (κ3) is 2.38. The topological polar surface area (TPSA) is 75.2 Å². The van der Waals surface area contributed by atoms with Gasteiger partial charge in [-0.1, -0.05) is 0 Å². The number of aromatic amines is 1. The van der Waals surface area contributed by atoms with Gasteiger partial charge in [-0.05, 0) is 32.9 Å². The number of aromatic nitrogens is 2. The molecule has 0 aliphatic carbocycles. The molecular weight excluding hydrogens is 220 g/mol. The second-order valence-electron chi connectivity index (χ2n) is 4.83. The molecule has 0 radical (unpaired) electrons. The second kappa shape index (κ2) is 3.76. The Kier molecular flexibility index (Phi) is 2.53. The van der Waals surface area contributed by atoms with E-state index in [2.05, 4.69) is 10.2 Å². The van der Waals surface area contributed by atoms with Crippen LogP contribution < -0.4 is 0 Å². The van der Waals surface area contributed by atoms with E-state index >= 15 is 0 Å². The van der Waals surface area contributed by atoms with Crippen LogP contribution in [0, 0.1) is 0 Å². The van der Waals surface area contributed by atoms with E-state index in [0.717, 1.165) is 0 Å². The number of phenols is 1. The first-order valence-corrected chi connectivity index (χ1v) is 5.26. The Balaban J connectivity index is 2.39. The van der Waals surface area contributed by atoms with Gasteiger partial charge in [0.15, 0.2) is 0 Å². The number of fused-ring (bicyclic) bond motifs is 1. The third-order valence-electron chi connectivity index (χ3n) is 2.17.